The molecule has 21 heavy (non-hydrogen) atoms. The van der Waals surface area contributed by atoms with Gasteiger partial charge in [0.15, 0.2) is 0 Å². The number of aliphatic hydroxyl groups excluding tert-OH is 1. The van der Waals surface area contributed by atoms with Crippen LogP contribution in [0.15, 0.2) is 30.3 Å². The van der Waals surface area contributed by atoms with Gasteiger partial charge >= 0.3 is 0 Å². The van der Waals surface area contributed by atoms with E-state index >= 15 is 0 Å². The van der Waals surface area contributed by atoms with Gasteiger partial charge in [0.25, 0.3) is 0 Å². The first-order valence-corrected chi connectivity index (χ1v) is 7.90. The molecule has 0 saturated carbocycles. The Kier molecular flexibility index (Phi) is 6.21. The molecule has 1 aromatic carbocycles. The Morgan fingerprint density at radius 3 is 2.86 bits per heavy atom. The zero-order valence-electron chi connectivity index (χ0n) is 12.6. The number of hydrogen-bond donors (Lipinski definition) is 2. The molecule has 3 N–H and O–H groups in total. The van der Waals surface area contributed by atoms with Crippen LogP contribution in [0.1, 0.15) is 31.2 Å². The normalized spacial score (nSPS) is 20.3. The van der Waals surface area contributed by atoms with Crippen molar-refractivity contribution in [1.29, 1.82) is 0 Å². The number of nitrogens with zero attached hydrogens (tertiary/aromatic N) is 1. The van der Waals surface area contributed by atoms with Crippen LogP contribution in [-0.4, -0.2) is 41.7 Å². The molecule has 0 spiro atoms. The molecule has 0 bridgehead atoms. The molecule has 1 aliphatic rings. The van der Waals surface area contributed by atoms with Crippen LogP contribution < -0.4 is 5.73 Å². The average Bonchev–Trinajstić information content (AvgIpc) is 2.53. The number of nitrogens with two attached hydrogens (primary N) is 1. The van der Waals surface area contributed by atoms with Crippen molar-refractivity contribution in [3.63, 3.8) is 0 Å². The van der Waals surface area contributed by atoms with Crippen LogP contribution in [0.2, 0.25) is 0 Å². The monoisotopic (exact) mass is 290 g/mol. The third kappa shape index (κ3) is 4.83. The molecule has 1 fully saturated rings. The van der Waals surface area contributed by atoms with Gasteiger partial charge in [0, 0.05) is 19.7 Å². The van der Waals surface area contributed by atoms with E-state index in [1.54, 1.807) is 0 Å². The Bertz CT molecular complexity index is 434. The molecule has 4 heteroatoms. The maximum Gasteiger partial charge on any atom is 0.239 e. The standard InChI is InChI=1S/C17H26N2O2/c18-16(9-8-14-5-2-1-3-6-14)17(21)19-11-4-7-15(13-19)10-12-20/h1-3,5-6,15-16,20H,4,7-13,18H2/t15?,16-/m0/s1. The molecule has 4 nitrogen and oxygen atoms in total. The summed E-state index contributed by atoms with van der Waals surface area (Å²) in [5.74, 6) is 0.489. The van der Waals surface area contributed by atoms with Crippen molar-refractivity contribution in [2.75, 3.05) is 19.7 Å². The second kappa shape index (κ2) is 8.15. The number of rotatable bonds is 6. The fourth-order valence-electron chi connectivity index (χ4n) is 3.01. The van der Waals surface area contributed by atoms with E-state index in [1.165, 1.54) is 5.56 Å². The minimum atomic E-state index is -0.418. The van der Waals surface area contributed by atoms with E-state index in [4.69, 9.17) is 10.8 Å². The van der Waals surface area contributed by atoms with E-state index in [-0.39, 0.29) is 12.5 Å². The molecule has 0 radical (unpaired) electrons. The number of likely N-dealkylation sites (tertiary alicyclic amines) is 1. The predicted octanol–water partition coefficient (Wildman–Crippen LogP) is 1.57. The lowest BCUT2D eigenvalue weighted by Gasteiger charge is -2.34. The maximum atomic E-state index is 12.4. The van der Waals surface area contributed by atoms with Crippen molar-refractivity contribution < 1.29 is 9.90 Å². The lowest BCUT2D eigenvalue weighted by Crippen LogP contribution is -2.48. The molecule has 1 amide bonds. The zero-order valence-corrected chi connectivity index (χ0v) is 12.6. The Morgan fingerprint density at radius 1 is 1.38 bits per heavy atom. The molecule has 1 unspecified atom stereocenters. The van der Waals surface area contributed by atoms with Crippen LogP contribution >= 0.6 is 0 Å². The molecule has 1 heterocycles. The first kappa shape index (κ1) is 16.0. The molecule has 1 saturated heterocycles. The van der Waals surface area contributed by atoms with E-state index in [0.29, 0.717) is 12.3 Å². The molecule has 2 rings (SSSR count). The van der Waals surface area contributed by atoms with Crippen LogP contribution in [0.5, 0.6) is 0 Å². The highest BCUT2D eigenvalue weighted by molar-refractivity contribution is 5.81. The minimum Gasteiger partial charge on any atom is -0.396 e. The summed E-state index contributed by atoms with van der Waals surface area (Å²) in [7, 11) is 0. The first-order chi connectivity index (χ1) is 10.2. The van der Waals surface area contributed by atoms with Gasteiger partial charge in [0.2, 0.25) is 5.91 Å². The lowest BCUT2D eigenvalue weighted by atomic mass is 9.94. The molecular formula is C17H26N2O2. The molecule has 1 aromatic rings. The zero-order chi connectivity index (χ0) is 15.1. The molecule has 116 valence electrons. The number of amides is 1. The smallest absolute Gasteiger partial charge is 0.239 e. The van der Waals surface area contributed by atoms with Gasteiger partial charge < -0.3 is 15.7 Å². The van der Waals surface area contributed by atoms with Gasteiger partial charge in [-0.3, -0.25) is 4.79 Å². The van der Waals surface area contributed by atoms with E-state index in [2.05, 4.69) is 12.1 Å². The second-order valence-electron chi connectivity index (χ2n) is 5.94. The van der Waals surface area contributed by atoms with E-state index < -0.39 is 6.04 Å². The van der Waals surface area contributed by atoms with Crippen molar-refractivity contribution in [1.82, 2.24) is 4.90 Å². The van der Waals surface area contributed by atoms with E-state index in [1.807, 2.05) is 23.1 Å². The summed E-state index contributed by atoms with van der Waals surface area (Å²) in [6.45, 7) is 1.75. The van der Waals surface area contributed by atoms with Crippen LogP contribution in [0, 0.1) is 5.92 Å². The maximum absolute atomic E-state index is 12.4. The highest BCUT2D eigenvalue weighted by Crippen LogP contribution is 2.20. The van der Waals surface area contributed by atoms with Gasteiger partial charge in [0.05, 0.1) is 6.04 Å². The summed E-state index contributed by atoms with van der Waals surface area (Å²) in [6.07, 6.45) is 4.42. The Labute approximate surface area is 126 Å². The Hall–Kier alpha value is -1.39. The highest BCUT2D eigenvalue weighted by atomic mass is 16.3. The lowest BCUT2D eigenvalue weighted by molar-refractivity contribution is -0.134. The van der Waals surface area contributed by atoms with Gasteiger partial charge in [-0.05, 0) is 43.6 Å². The molecule has 0 aromatic heterocycles. The molecular weight excluding hydrogens is 264 g/mol. The summed E-state index contributed by atoms with van der Waals surface area (Å²) in [6, 6.07) is 9.71. The van der Waals surface area contributed by atoms with Crippen molar-refractivity contribution >= 4 is 5.91 Å². The van der Waals surface area contributed by atoms with Crippen LogP contribution in [-0.2, 0) is 11.2 Å². The topological polar surface area (TPSA) is 66.6 Å². The van der Waals surface area contributed by atoms with Crippen LogP contribution in [0.3, 0.4) is 0 Å². The number of carbonyl (C=O) groups is 1. The van der Waals surface area contributed by atoms with Crippen LogP contribution in [0.4, 0.5) is 0 Å². The number of piperidine rings is 1. The average molecular weight is 290 g/mol. The summed E-state index contributed by atoms with van der Waals surface area (Å²) in [4.78, 5) is 14.3. The van der Waals surface area contributed by atoms with Crippen LogP contribution in [0.25, 0.3) is 0 Å². The fourth-order valence-corrected chi connectivity index (χ4v) is 3.01. The van der Waals surface area contributed by atoms with E-state index in [0.717, 1.165) is 38.8 Å². The Balaban J connectivity index is 1.81. The number of aryl methyl sites for hydroxylation is 1. The SMILES string of the molecule is N[C@@H](CCc1ccccc1)C(=O)N1CCCC(CCO)C1. The Morgan fingerprint density at radius 2 is 2.14 bits per heavy atom. The van der Waals surface area contributed by atoms with Gasteiger partial charge in [0.1, 0.15) is 0 Å². The second-order valence-corrected chi connectivity index (χ2v) is 5.94. The van der Waals surface area contributed by atoms with Gasteiger partial charge in [-0.25, -0.2) is 0 Å². The van der Waals surface area contributed by atoms with Crippen molar-refractivity contribution in [2.24, 2.45) is 11.7 Å². The number of benzene rings is 1. The van der Waals surface area contributed by atoms with Crippen molar-refractivity contribution in [3.8, 4) is 0 Å². The number of hydrogen-bond acceptors (Lipinski definition) is 3. The van der Waals surface area contributed by atoms with Gasteiger partial charge in [-0.1, -0.05) is 30.3 Å². The molecule has 0 aliphatic carbocycles. The third-order valence-electron chi connectivity index (χ3n) is 4.27. The predicted molar refractivity (Wildman–Crippen MR) is 83.7 cm³/mol. The first-order valence-electron chi connectivity index (χ1n) is 7.90. The summed E-state index contributed by atoms with van der Waals surface area (Å²) >= 11 is 0. The highest BCUT2D eigenvalue weighted by Gasteiger charge is 2.26. The number of aliphatic hydroxyl groups is 1. The molecule has 1 aliphatic heterocycles. The quantitative estimate of drug-likeness (QED) is 0.835. The largest absolute Gasteiger partial charge is 0.396 e. The van der Waals surface area contributed by atoms with Gasteiger partial charge in [-0.2, -0.15) is 0 Å². The fraction of sp³-hybridized carbons (Fsp3) is 0.588. The number of carbonyl (C=O) groups excluding carboxylic acids is 1. The summed E-state index contributed by atoms with van der Waals surface area (Å²) < 4.78 is 0. The third-order valence-corrected chi connectivity index (χ3v) is 4.27. The molecule has 2 atom stereocenters. The summed E-state index contributed by atoms with van der Waals surface area (Å²) in [5, 5.41) is 9.03. The van der Waals surface area contributed by atoms with Crippen molar-refractivity contribution in [2.45, 2.75) is 38.1 Å². The summed E-state index contributed by atoms with van der Waals surface area (Å²) in [5.41, 5.74) is 7.29. The van der Waals surface area contributed by atoms with Crippen molar-refractivity contribution in [3.05, 3.63) is 35.9 Å². The van der Waals surface area contributed by atoms with Gasteiger partial charge in [-0.15, -0.1) is 0 Å². The minimum absolute atomic E-state index is 0.0635. The van der Waals surface area contributed by atoms with E-state index in [9.17, 15) is 4.79 Å².